The van der Waals surface area contributed by atoms with Gasteiger partial charge in [0.05, 0.1) is 18.1 Å². The van der Waals surface area contributed by atoms with E-state index >= 15 is 0 Å². The Morgan fingerprint density at radius 3 is 2.79 bits per heavy atom. The molecule has 0 bridgehead atoms. The fraction of sp³-hybridized carbons (Fsp3) is 0.444. The lowest BCUT2D eigenvalue weighted by atomic mass is 10.3. The monoisotopic (exact) mass is 194 g/mol. The Morgan fingerprint density at radius 2 is 2.29 bits per heavy atom. The smallest absolute Gasteiger partial charge is 0.341 e. The molecule has 1 saturated carbocycles. The average Bonchev–Trinajstić information content (AvgIpc) is 2.99. The maximum Gasteiger partial charge on any atom is 0.341 e. The van der Waals surface area contributed by atoms with E-state index in [4.69, 9.17) is 9.84 Å². The molecule has 74 valence electrons. The maximum atomic E-state index is 10.2. The normalized spacial score (nSPS) is 15.1. The number of nitrogens with zero attached hydrogens (tertiary/aromatic N) is 2. The second-order valence-electron chi connectivity index (χ2n) is 3.24. The lowest BCUT2D eigenvalue weighted by Gasteiger charge is -2.01. The lowest BCUT2D eigenvalue weighted by molar-refractivity contribution is -0.139. The van der Waals surface area contributed by atoms with Crippen LogP contribution in [0.2, 0.25) is 0 Å². The summed E-state index contributed by atoms with van der Waals surface area (Å²) < 4.78 is 4.85. The van der Waals surface area contributed by atoms with Crippen molar-refractivity contribution in [3.05, 3.63) is 18.1 Å². The highest BCUT2D eigenvalue weighted by Gasteiger charge is 2.25. The Kier molecular flexibility index (Phi) is 2.30. The first-order valence-electron chi connectivity index (χ1n) is 4.42. The van der Waals surface area contributed by atoms with E-state index in [1.165, 1.54) is 19.0 Å². The van der Waals surface area contributed by atoms with E-state index in [1.807, 2.05) is 0 Å². The number of carboxylic acid groups (broad SMARTS) is 1. The predicted octanol–water partition coefficient (Wildman–Crippen LogP) is 0.817. The van der Waals surface area contributed by atoms with E-state index in [0.29, 0.717) is 5.92 Å². The summed E-state index contributed by atoms with van der Waals surface area (Å²) in [5.41, 5.74) is 0.965. The molecule has 0 aromatic carbocycles. The van der Waals surface area contributed by atoms with Crippen molar-refractivity contribution in [2.24, 2.45) is 0 Å². The molecule has 1 aromatic heterocycles. The summed E-state index contributed by atoms with van der Waals surface area (Å²) in [6.07, 6.45) is 5.46. The molecule has 1 fully saturated rings. The van der Waals surface area contributed by atoms with Crippen molar-refractivity contribution in [1.29, 1.82) is 0 Å². The van der Waals surface area contributed by atoms with Crippen LogP contribution < -0.4 is 4.74 Å². The molecule has 1 heterocycles. The van der Waals surface area contributed by atoms with Crippen molar-refractivity contribution >= 4 is 5.97 Å². The number of hydrogen-bond acceptors (Lipinski definition) is 4. The zero-order chi connectivity index (χ0) is 9.97. The first-order valence-corrected chi connectivity index (χ1v) is 4.42. The van der Waals surface area contributed by atoms with Gasteiger partial charge in [0.2, 0.25) is 5.88 Å². The molecule has 0 saturated heterocycles. The van der Waals surface area contributed by atoms with Crippen LogP contribution in [0.25, 0.3) is 0 Å². The zero-order valence-corrected chi connectivity index (χ0v) is 7.51. The largest absolute Gasteiger partial charge is 0.479 e. The minimum Gasteiger partial charge on any atom is -0.479 e. The molecule has 5 nitrogen and oxygen atoms in total. The molecular weight excluding hydrogens is 184 g/mol. The first-order chi connectivity index (χ1) is 6.75. The maximum absolute atomic E-state index is 10.2. The van der Waals surface area contributed by atoms with Crippen molar-refractivity contribution in [3.8, 4) is 5.88 Å². The summed E-state index contributed by atoms with van der Waals surface area (Å²) in [6.45, 7) is -0.378. The molecule has 0 unspecified atom stereocenters. The van der Waals surface area contributed by atoms with Gasteiger partial charge in [0, 0.05) is 5.92 Å². The third-order valence-electron chi connectivity index (χ3n) is 1.99. The van der Waals surface area contributed by atoms with E-state index in [-0.39, 0.29) is 12.5 Å². The highest BCUT2D eigenvalue weighted by Crippen LogP contribution is 2.38. The van der Waals surface area contributed by atoms with Crippen molar-refractivity contribution in [2.45, 2.75) is 18.8 Å². The van der Waals surface area contributed by atoms with Gasteiger partial charge in [-0.25, -0.2) is 9.78 Å². The van der Waals surface area contributed by atoms with E-state index in [9.17, 15) is 4.79 Å². The molecule has 0 amide bonds. The van der Waals surface area contributed by atoms with Crippen LogP contribution in [-0.2, 0) is 4.79 Å². The molecule has 0 atom stereocenters. The van der Waals surface area contributed by atoms with Crippen LogP contribution in [0.4, 0.5) is 0 Å². The van der Waals surface area contributed by atoms with E-state index in [0.717, 1.165) is 5.69 Å². The number of rotatable bonds is 4. The minimum atomic E-state index is -1.02. The molecule has 1 aliphatic rings. The average molecular weight is 194 g/mol. The summed E-state index contributed by atoms with van der Waals surface area (Å²) in [5, 5.41) is 8.35. The number of hydrogen-bond donors (Lipinski definition) is 1. The molecule has 1 aliphatic carbocycles. The Morgan fingerprint density at radius 1 is 1.50 bits per heavy atom. The van der Waals surface area contributed by atoms with Crippen LogP contribution in [0.15, 0.2) is 12.4 Å². The molecule has 5 heteroatoms. The number of carboxylic acids is 1. The van der Waals surface area contributed by atoms with Gasteiger partial charge in [0.1, 0.15) is 0 Å². The van der Waals surface area contributed by atoms with Crippen molar-refractivity contribution in [1.82, 2.24) is 9.97 Å². The highest BCUT2D eigenvalue weighted by atomic mass is 16.5. The van der Waals surface area contributed by atoms with Gasteiger partial charge in [-0.1, -0.05) is 0 Å². The van der Waals surface area contributed by atoms with Gasteiger partial charge in [0.15, 0.2) is 6.61 Å². The van der Waals surface area contributed by atoms with Crippen LogP contribution >= 0.6 is 0 Å². The van der Waals surface area contributed by atoms with Gasteiger partial charge in [-0.15, -0.1) is 0 Å². The summed E-state index contributed by atoms with van der Waals surface area (Å²) in [7, 11) is 0. The Labute approximate surface area is 80.8 Å². The van der Waals surface area contributed by atoms with Gasteiger partial charge >= 0.3 is 5.97 Å². The number of ether oxygens (including phenoxy) is 1. The van der Waals surface area contributed by atoms with Gasteiger partial charge in [-0.05, 0) is 12.8 Å². The number of aliphatic carboxylic acids is 1. The molecule has 1 N–H and O–H groups in total. The summed E-state index contributed by atoms with van der Waals surface area (Å²) >= 11 is 0. The SMILES string of the molecule is O=C(O)COc1cnc(C2CC2)cn1. The topological polar surface area (TPSA) is 72.3 Å². The Hall–Kier alpha value is -1.65. The second-order valence-corrected chi connectivity index (χ2v) is 3.24. The Bertz CT molecular complexity index is 332. The first kappa shape index (κ1) is 8.93. The molecular formula is C9H10N2O3. The molecule has 0 radical (unpaired) electrons. The molecule has 2 rings (SSSR count). The Balaban J connectivity index is 1.95. The van der Waals surface area contributed by atoms with Crippen LogP contribution in [0, 0.1) is 0 Å². The van der Waals surface area contributed by atoms with Crippen molar-refractivity contribution < 1.29 is 14.6 Å². The van der Waals surface area contributed by atoms with Crippen LogP contribution in [0.1, 0.15) is 24.5 Å². The number of aromatic nitrogens is 2. The molecule has 0 spiro atoms. The van der Waals surface area contributed by atoms with Crippen LogP contribution in [-0.4, -0.2) is 27.7 Å². The second kappa shape index (κ2) is 3.61. The van der Waals surface area contributed by atoms with E-state index in [1.54, 1.807) is 6.20 Å². The standard InChI is InChI=1S/C9H10N2O3/c12-9(13)5-14-8-4-10-7(3-11-8)6-1-2-6/h3-4,6H,1-2,5H2,(H,12,13). The van der Waals surface area contributed by atoms with Crippen molar-refractivity contribution in [3.63, 3.8) is 0 Å². The van der Waals surface area contributed by atoms with Crippen LogP contribution in [0.3, 0.4) is 0 Å². The highest BCUT2D eigenvalue weighted by molar-refractivity contribution is 5.68. The summed E-state index contributed by atoms with van der Waals surface area (Å²) in [5.74, 6) is -0.203. The fourth-order valence-corrected chi connectivity index (χ4v) is 1.13. The van der Waals surface area contributed by atoms with Crippen LogP contribution in [0.5, 0.6) is 5.88 Å². The predicted molar refractivity (Wildman–Crippen MR) is 47.1 cm³/mol. The fourth-order valence-electron chi connectivity index (χ4n) is 1.13. The summed E-state index contributed by atoms with van der Waals surface area (Å²) in [4.78, 5) is 18.3. The zero-order valence-electron chi connectivity index (χ0n) is 7.51. The van der Waals surface area contributed by atoms with Gasteiger partial charge in [-0.2, -0.15) is 0 Å². The quantitative estimate of drug-likeness (QED) is 0.768. The number of carbonyl (C=O) groups is 1. The van der Waals surface area contributed by atoms with E-state index < -0.39 is 5.97 Å². The van der Waals surface area contributed by atoms with E-state index in [2.05, 4.69) is 9.97 Å². The molecule has 0 aliphatic heterocycles. The summed E-state index contributed by atoms with van der Waals surface area (Å²) in [6, 6.07) is 0. The van der Waals surface area contributed by atoms with Gasteiger partial charge < -0.3 is 9.84 Å². The van der Waals surface area contributed by atoms with Gasteiger partial charge in [-0.3, -0.25) is 4.98 Å². The van der Waals surface area contributed by atoms with Gasteiger partial charge in [0.25, 0.3) is 0 Å². The lowest BCUT2D eigenvalue weighted by Crippen LogP contribution is -2.10. The third kappa shape index (κ3) is 2.18. The van der Waals surface area contributed by atoms with Crippen molar-refractivity contribution in [2.75, 3.05) is 6.61 Å². The minimum absolute atomic E-state index is 0.261. The molecule has 14 heavy (non-hydrogen) atoms. The third-order valence-corrected chi connectivity index (χ3v) is 1.99. The molecule has 1 aromatic rings.